The number of carbonyl (C=O) groups excluding carboxylic acids is 2. The third-order valence-corrected chi connectivity index (χ3v) is 4.58. The predicted molar refractivity (Wildman–Crippen MR) is 162 cm³/mol. The fourth-order valence-corrected chi connectivity index (χ4v) is 2.91. The molecule has 0 aliphatic rings. The Morgan fingerprint density at radius 1 is 0.469 bits per heavy atom. The zero-order chi connectivity index (χ0) is 39.3. The van der Waals surface area contributed by atoms with Crippen LogP contribution in [0.1, 0.15) is 26.7 Å². The summed E-state index contributed by atoms with van der Waals surface area (Å²) in [5.41, 5.74) is 0. The molecule has 0 saturated heterocycles. The molecule has 0 radical (unpaired) electrons. The van der Waals surface area contributed by atoms with E-state index in [4.69, 9.17) is 60.5 Å². The van der Waals surface area contributed by atoms with E-state index in [9.17, 15) is 38.4 Å². The number of nitrogens with zero attached hydrogens (tertiary/aromatic N) is 2. The third-order valence-electron chi connectivity index (χ3n) is 4.58. The van der Waals surface area contributed by atoms with Crippen molar-refractivity contribution < 1.29 is 108 Å². The number of likely N-dealkylation sites (N-methyl/N-ethyl adjacent to an activating group) is 2. The number of ether oxygens (including phenoxy) is 2. The van der Waals surface area contributed by atoms with Gasteiger partial charge in [-0.25, -0.2) is 19.2 Å². The van der Waals surface area contributed by atoms with Gasteiger partial charge in [0, 0.05) is 13.8 Å². The second-order valence-corrected chi connectivity index (χ2v) is 11.7. The number of hydrogen-bond donors (Lipinski definition) is 10. The first-order chi connectivity index (χ1) is 21.3. The van der Waals surface area contributed by atoms with Gasteiger partial charge in [0.15, 0.2) is 36.6 Å². The molecule has 0 spiro atoms. The zero-order valence-corrected chi connectivity index (χ0v) is 29.9. The molecule has 0 saturated carbocycles. The van der Waals surface area contributed by atoms with Crippen LogP contribution in [-0.4, -0.2) is 223 Å². The van der Waals surface area contributed by atoms with E-state index >= 15 is 0 Å². The summed E-state index contributed by atoms with van der Waals surface area (Å²) in [6.45, 7) is 3.55. The Balaban J connectivity index is -0.000000177. The Labute approximate surface area is 297 Å². The van der Waals surface area contributed by atoms with Gasteiger partial charge < -0.3 is 69.5 Å². The summed E-state index contributed by atoms with van der Waals surface area (Å²) in [6.07, 6.45) is -10.5. The zero-order valence-electron chi connectivity index (χ0n) is 28.4. The van der Waals surface area contributed by atoms with Crippen molar-refractivity contribution in [1.82, 2.24) is 0 Å². The van der Waals surface area contributed by atoms with E-state index in [1.54, 1.807) is 0 Å². The number of aliphatic hydroxyl groups excluding tert-OH is 4. The molecular formula is C26H48MgN2O20+4. The first kappa shape index (κ1) is 54.7. The molecule has 23 heteroatoms. The molecule has 6 atom stereocenters. The largest absolute Gasteiger partial charge is 2.00 e. The average Bonchev–Trinajstić information content (AvgIpc) is 2.84. The number of aliphatic carboxylic acids is 6. The molecule has 10 N–H and O–H groups in total. The second kappa shape index (κ2) is 26.2. The SMILES string of the molecule is CC(=O)O[C@H](CC(=O)O)C[N+](C)(C)C.CC(=O)O[C@H](CC(=O)O)C[N+](C)(C)C.O=C(O)[C@H](O)[C@@H](O)C(=O)O.O=C(O)[C@H](O)[C@@H](O)C(=O)O.[Mg+2]. The summed E-state index contributed by atoms with van der Waals surface area (Å²) in [5, 5.41) is 82.2. The van der Waals surface area contributed by atoms with E-state index in [2.05, 4.69) is 0 Å². The fourth-order valence-electron chi connectivity index (χ4n) is 2.91. The van der Waals surface area contributed by atoms with E-state index < -0.39 is 84.4 Å². The maximum atomic E-state index is 10.7. The molecule has 0 aliphatic carbocycles. The molecule has 0 rings (SSSR count). The van der Waals surface area contributed by atoms with E-state index in [1.165, 1.54) is 13.8 Å². The molecule has 0 fully saturated rings. The van der Waals surface area contributed by atoms with Crippen molar-refractivity contribution in [1.29, 1.82) is 0 Å². The number of carboxylic acids is 6. The molecule has 22 nitrogen and oxygen atoms in total. The fraction of sp³-hybridized carbons (Fsp3) is 0.692. The van der Waals surface area contributed by atoms with Crippen LogP contribution in [0.5, 0.6) is 0 Å². The Bertz CT molecular complexity index is 935. The summed E-state index contributed by atoms with van der Waals surface area (Å²) in [6, 6.07) is 0. The first-order valence-corrected chi connectivity index (χ1v) is 13.4. The summed E-state index contributed by atoms with van der Waals surface area (Å²) < 4.78 is 10.9. The molecule has 0 amide bonds. The van der Waals surface area contributed by atoms with Crippen LogP contribution in [0.2, 0.25) is 0 Å². The molecule has 0 aromatic heterocycles. The van der Waals surface area contributed by atoms with Gasteiger partial charge in [0.2, 0.25) is 0 Å². The predicted octanol–water partition coefficient (Wildman–Crippen LogP) is -4.43. The number of carboxylic acid groups (broad SMARTS) is 6. The summed E-state index contributed by atoms with van der Waals surface area (Å²) >= 11 is 0. The van der Waals surface area contributed by atoms with Crippen molar-refractivity contribution in [3.05, 3.63) is 0 Å². The molecule has 49 heavy (non-hydrogen) atoms. The molecule has 0 bridgehead atoms. The minimum Gasteiger partial charge on any atom is -0.481 e. The number of rotatable bonds is 16. The Morgan fingerprint density at radius 3 is 0.755 bits per heavy atom. The maximum absolute atomic E-state index is 10.7. The molecule has 280 valence electrons. The van der Waals surface area contributed by atoms with Crippen LogP contribution in [0.3, 0.4) is 0 Å². The summed E-state index contributed by atoms with van der Waals surface area (Å²) in [5.74, 6) is -9.86. The molecule has 0 aromatic carbocycles. The number of esters is 2. The van der Waals surface area contributed by atoms with Gasteiger partial charge in [-0.3, -0.25) is 19.2 Å². The minimum absolute atomic E-state index is 0. The van der Waals surface area contributed by atoms with E-state index in [0.29, 0.717) is 22.1 Å². The van der Waals surface area contributed by atoms with Gasteiger partial charge >= 0.3 is 70.8 Å². The van der Waals surface area contributed by atoms with E-state index in [1.807, 2.05) is 42.3 Å². The molecule has 0 unspecified atom stereocenters. The van der Waals surface area contributed by atoms with Crippen LogP contribution in [0.25, 0.3) is 0 Å². The van der Waals surface area contributed by atoms with Gasteiger partial charge in [-0.15, -0.1) is 0 Å². The van der Waals surface area contributed by atoms with Crippen molar-refractivity contribution in [2.45, 2.75) is 63.3 Å². The maximum Gasteiger partial charge on any atom is 2.00 e. The molecule has 0 aliphatic heterocycles. The van der Waals surface area contributed by atoms with Crippen molar-refractivity contribution in [2.75, 3.05) is 55.4 Å². The van der Waals surface area contributed by atoms with E-state index in [0.717, 1.165) is 0 Å². The van der Waals surface area contributed by atoms with Crippen molar-refractivity contribution >= 4 is 70.8 Å². The summed E-state index contributed by atoms with van der Waals surface area (Å²) in [4.78, 5) is 81.4. The van der Waals surface area contributed by atoms with Crippen LogP contribution in [0.4, 0.5) is 0 Å². The molecule has 0 heterocycles. The quantitative estimate of drug-likeness (QED) is 0.0406. The van der Waals surface area contributed by atoms with E-state index in [-0.39, 0.29) is 35.9 Å². The topological polar surface area (TPSA) is 357 Å². The van der Waals surface area contributed by atoms with Crippen LogP contribution in [0.15, 0.2) is 0 Å². The Morgan fingerprint density at radius 2 is 0.653 bits per heavy atom. The van der Waals surface area contributed by atoms with Crippen LogP contribution in [0, 0.1) is 0 Å². The monoisotopic (exact) mass is 732 g/mol. The van der Waals surface area contributed by atoms with Crippen molar-refractivity contribution in [3.8, 4) is 0 Å². The number of aliphatic hydroxyl groups is 4. The number of hydrogen-bond acceptors (Lipinski definition) is 14. The van der Waals surface area contributed by atoms with Gasteiger partial charge in [0.1, 0.15) is 13.1 Å². The van der Waals surface area contributed by atoms with Crippen molar-refractivity contribution in [3.63, 3.8) is 0 Å². The molecular weight excluding hydrogens is 685 g/mol. The number of carbonyl (C=O) groups is 8. The smallest absolute Gasteiger partial charge is 0.481 e. The van der Waals surface area contributed by atoms with Gasteiger partial charge in [-0.05, 0) is 0 Å². The van der Waals surface area contributed by atoms with Crippen LogP contribution in [-0.2, 0) is 47.8 Å². The average molecular weight is 733 g/mol. The number of quaternary nitrogens is 2. The Kier molecular flexibility index (Phi) is 29.3. The van der Waals surface area contributed by atoms with Crippen LogP contribution >= 0.6 is 0 Å². The van der Waals surface area contributed by atoms with Gasteiger partial charge in [-0.1, -0.05) is 0 Å². The third kappa shape index (κ3) is 37.0. The molecule has 0 aromatic rings. The Hall–Kier alpha value is -3.71. The van der Waals surface area contributed by atoms with Gasteiger partial charge in [-0.2, -0.15) is 0 Å². The second-order valence-electron chi connectivity index (χ2n) is 11.7. The summed E-state index contributed by atoms with van der Waals surface area (Å²) in [7, 11) is 11.5. The normalized spacial score (nSPS) is 14.1. The van der Waals surface area contributed by atoms with Crippen molar-refractivity contribution in [2.24, 2.45) is 0 Å². The van der Waals surface area contributed by atoms with Crippen LogP contribution < -0.4 is 0 Å². The first-order valence-electron chi connectivity index (χ1n) is 13.4. The van der Waals surface area contributed by atoms with Gasteiger partial charge in [0.25, 0.3) is 0 Å². The minimum atomic E-state index is -2.27. The standard InChI is InChI=1S/2C9H17NO4.2C4H6O6.Mg/c2*1-7(11)14-8(5-9(12)13)6-10(2,3)4;2*5-1(3(7)8)2(6)4(9)10;/h2*8H,5-6H2,1-4H3;2*1-2,5-6H,(H,7,8)(H,9,10);/q;;;;+2/p+2/t2*8-;2*1-,2-;/m1111./s1. The van der Waals surface area contributed by atoms with Gasteiger partial charge in [0.05, 0.1) is 55.1 Å².